The lowest BCUT2D eigenvalue weighted by Crippen LogP contribution is -2.23. The maximum atomic E-state index is 12.9. The van der Waals surface area contributed by atoms with E-state index in [2.05, 4.69) is 11.4 Å². The summed E-state index contributed by atoms with van der Waals surface area (Å²) in [6.45, 7) is 1.90. The van der Waals surface area contributed by atoms with E-state index < -0.39 is 0 Å². The molecule has 1 atom stereocenters. The lowest BCUT2D eigenvalue weighted by Gasteiger charge is -2.25. The quantitative estimate of drug-likeness (QED) is 0.871. The number of benzene rings is 1. The van der Waals surface area contributed by atoms with Gasteiger partial charge in [-0.05, 0) is 18.4 Å². The third kappa shape index (κ3) is 1.63. The van der Waals surface area contributed by atoms with Gasteiger partial charge in [-0.1, -0.05) is 30.3 Å². The average Bonchev–Trinajstić information content (AvgIpc) is 3.15. The number of hydrogen-bond acceptors (Lipinski definition) is 4. The molecule has 0 radical (unpaired) electrons. The smallest absolute Gasteiger partial charge is 0.192 e. The Hall–Kier alpha value is -2.64. The number of rotatable bonds is 1. The van der Waals surface area contributed by atoms with E-state index in [0.29, 0.717) is 16.7 Å². The van der Waals surface area contributed by atoms with Crippen LogP contribution < -0.4 is 5.32 Å². The molecule has 1 aliphatic carbocycles. The predicted molar refractivity (Wildman–Crippen MR) is 86.2 cm³/mol. The highest BCUT2D eigenvalue weighted by Gasteiger charge is 2.40. The van der Waals surface area contributed by atoms with Crippen molar-refractivity contribution in [3.05, 3.63) is 74.6 Å². The number of carbonyl (C=O) groups excluding carboxylic acids is 1. The number of dihydropyridines is 1. The fourth-order valence-electron chi connectivity index (χ4n) is 3.22. The molecule has 22 heavy (non-hydrogen) atoms. The molecular formula is C18H12N2OS. The number of thiophene rings is 1. The fourth-order valence-corrected chi connectivity index (χ4v) is 4.06. The van der Waals surface area contributed by atoms with Crippen molar-refractivity contribution >= 4 is 22.8 Å². The fraction of sp³-hybridized carbons (Fsp3) is 0.111. The van der Waals surface area contributed by atoms with Crippen LogP contribution in [0.25, 0.3) is 5.70 Å². The van der Waals surface area contributed by atoms with E-state index in [-0.39, 0.29) is 11.7 Å². The lowest BCUT2D eigenvalue weighted by molar-refractivity contribution is 0.103. The van der Waals surface area contributed by atoms with Gasteiger partial charge in [0.1, 0.15) is 0 Å². The Morgan fingerprint density at radius 2 is 1.95 bits per heavy atom. The van der Waals surface area contributed by atoms with Gasteiger partial charge < -0.3 is 5.32 Å². The third-order valence-corrected chi connectivity index (χ3v) is 5.13. The van der Waals surface area contributed by atoms with Crippen molar-refractivity contribution in [2.45, 2.75) is 12.8 Å². The van der Waals surface area contributed by atoms with E-state index in [1.54, 1.807) is 11.3 Å². The summed E-state index contributed by atoms with van der Waals surface area (Å²) in [6, 6.07) is 13.9. The monoisotopic (exact) mass is 304 g/mol. The molecule has 3 nitrogen and oxygen atoms in total. The first-order chi connectivity index (χ1) is 10.7. The summed E-state index contributed by atoms with van der Waals surface area (Å²) in [5.74, 6) is -0.238. The second-order valence-electron chi connectivity index (χ2n) is 5.39. The van der Waals surface area contributed by atoms with Crippen LogP contribution in [0.4, 0.5) is 0 Å². The summed E-state index contributed by atoms with van der Waals surface area (Å²) < 4.78 is 0. The summed E-state index contributed by atoms with van der Waals surface area (Å²) in [5.41, 5.74) is 4.65. The number of nitrogens with zero attached hydrogens (tertiary/aromatic N) is 1. The van der Waals surface area contributed by atoms with E-state index in [4.69, 9.17) is 0 Å². The number of nitriles is 1. The Balaban J connectivity index is 1.98. The average molecular weight is 304 g/mol. The molecule has 1 aromatic carbocycles. The molecule has 106 valence electrons. The summed E-state index contributed by atoms with van der Waals surface area (Å²) in [5, 5.41) is 14.8. The van der Waals surface area contributed by atoms with Crippen molar-refractivity contribution in [2.75, 3.05) is 0 Å². The largest absolute Gasteiger partial charge is 0.357 e. The van der Waals surface area contributed by atoms with Crippen molar-refractivity contribution < 1.29 is 4.79 Å². The van der Waals surface area contributed by atoms with Gasteiger partial charge in [-0.3, -0.25) is 4.79 Å². The molecule has 1 N–H and O–H groups in total. The van der Waals surface area contributed by atoms with Crippen LogP contribution in [0.15, 0.2) is 58.6 Å². The second kappa shape index (κ2) is 4.69. The summed E-state index contributed by atoms with van der Waals surface area (Å²) in [7, 11) is 0. The van der Waals surface area contributed by atoms with Gasteiger partial charge >= 0.3 is 0 Å². The highest BCUT2D eigenvalue weighted by molar-refractivity contribution is 7.10. The van der Waals surface area contributed by atoms with E-state index >= 15 is 0 Å². The van der Waals surface area contributed by atoms with Crippen molar-refractivity contribution in [3.8, 4) is 6.07 Å². The Kier molecular flexibility index (Phi) is 2.78. The highest BCUT2D eigenvalue weighted by Crippen LogP contribution is 2.46. The van der Waals surface area contributed by atoms with Gasteiger partial charge in [-0.15, -0.1) is 11.3 Å². The normalized spacial score (nSPS) is 19.6. The molecule has 0 saturated carbocycles. The maximum Gasteiger partial charge on any atom is 0.192 e. The number of carbonyl (C=O) groups is 1. The number of allylic oxidation sites excluding steroid dienone is 3. The van der Waals surface area contributed by atoms with Crippen LogP contribution in [-0.4, -0.2) is 5.78 Å². The van der Waals surface area contributed by atoms with Crippen LogP contribution in [0.3, 0.4) is 0 Å². The SMILES string of the molecule is CC1=C(C#N)C(c2cccs2)C2=C(N1)c1ccccc1C2=O. The van der Waals surface area contributed by atoms with Gasteiger partial charge in [0.2, 0.25) is 0 Å². The molecule has 1 unspecified atom stereocenters. The Labute approximate surface area is 132 Å². The molecule has 0 spiro atoms. The minimum atomic E-state index is -0.263. The molecule has 4 rings (SSSR count). The lowest BCUT2D eigenvalue weighted by atomic mass is 9.84. The van der Waals surface area contributed by atoms with Crippen LogP contribution >= 0.6 is 11.3 Å². The zero-order chi connectivity index (χ0) is 15.3. The van der Waals surface area contributed by atoms with Crippen molar-refractivity contribution in [3.63, 3.8) is 0 Å². The van der Waals surface area contributed by atoms with Crippen LogP contribution in [0, 0.1) is 11.3 Å². The van der Waals surface area contributed by atoms with E-state index in [0.717, 1.165) is 21.8 Å². The van der Waals surface area contributed by atoms with Crippen molar-refractivity contribution in [1.29, 1.82) is 5.26 Å². The molecule has 0 amide bonds. The predicted octanol–water partition coefficient (Wildman–Crippen LogP) is 3.84. The van der Waals surface area contributed by atoms with Crippen LogP contribution in [0.2, 0.25) is 0 Å². The molecule has 1 aliphatic heterocycles. The number of nitrogens with one attached hydrogen (secondary N) is 1. The molecular weight excluding hydrogens is 292 g/mol. The van der Waals surface area contributed by atoms with Gasteiger partial charge in [0.05, 0.1) is 23.3 Å². The minimum Gasteiger partial charge on any atom is -0.357 e. The molecule has 0 saturated heterocycles. The van der Waals surface area contributed by atoms with Crippen LogP contribution in [-0.2, 0) is 0 Å². The Bertz CT molecular complexity index is 897. The second-order valence-corrected chi connectivity index (χ2v) is 6.37. The standard InChI is InChI=1S/C18H12N2OS/c1-10-13(9-19)15(14-7-4-8-22-14)16-17(20-10)11-5-2-3-6-12(11)18(16)21/h2-8,15,20H,1H3. The van der Waals surface area contributed by atoms with Crippen LogP contribution in [0.5, 0.6) is 0 Å². The van der Waals surface area contributed by atoms with E-state index in [1.165, 1.54) is 0 Å². The molecule has 2 aromatic rings. The number of hydrogen-bond donors (Lipinski definition) is 1. The molecule has 1 aromatic heterocycles. The highest BCUT2D eigenvalue weighted by atomic mass is 32.1. The number of ketones is 1. The molecule has 2 aliphatic rings. The zero-order valence-corrected chi connectivity index (χ0v) is 12.7. The first-order valence-corrected chi connectivity index (χ1v) is 7.90. The van der Waals surface area contributed by atoms with Gasteiger partial charge in [0, 0.05) is 27.3 Å². The minimum absolute atomic E-state index is 0.0248. The van der Waals surface area contributed by atoms with Gasteiger partial charge in [-0.2, -0.15) is 5.26 Å². The number of Topliss-reactive ketones (excluding diaryl/α,β-unsaturated/α-hetero) is 1. The Morgan fingerprint density at radius 3 is 2.64 bits per heavy atom. The summed E-state index contributed by atoms with van der Waals surface area (Å²) in [6.07, 6.45) is 0. The number of fused-ring (bicyclic) bond motifs is 2. The maximum absolute atomic E-state index is 12.9. The van der Waals surface area contributed by atoms with Crippen LogP contribution in [0.1, 0.15) is 33.6 Å². The molecule has 4 heteroatoms. The molecule has 0 bridgehead atoms. The molecule has 0 fully saturated rings. The van der Waals surface area contributed by atoms with Crippen molar-refractivity contribution in [1.82, 2.24) is 5.32 Å². The summed E-state index contributed by atoms with van der Waals surface area (Å²) >= 11 is 1.58. The topological polar surface area (TPSA) is 52.9 Å². The third-order valence-electron chi connectivity index (χ3n) is 4.20. The summed E-state index contributed by atoms with van der Waals surface area (Å²) in [4.78, 5) is 13.9. The Morgan fingerprint density at radius 1 is 1.18 bits per heavy atom. The van der Waals surface area contributed by atoms with Gasteiger partial charge in [0.15, 0.2) is 5.78 Å². The first-order valence-electron chi connectivity index (χ1n) is 7.02. The van der Waals surface area contributed by atoms with Gasteiger partial charge in [0.25, 0.3) is 0 Å². The van der Waals surface area contributed by atoms with E-state index in [9.17, 15) is 10.1 Å². The zero-order valence-electron chi connectivity index (χ0n) is 11.9. The molecule has 2 heterocycles. The van der Waals surface area contributed by atoms with Gasteiger partial charge in [-0.25, -0.2) is 0 Å². The van der Waals surface area contributed by atoms with Crippen molar-refractivity contribution in [2.24, 2.45) is 0 Å². The van der Waals surface area contributed by atoms with E-state index in [1.807, 2.05) is 48.7 Å². The first kappa shape index (κ1) is 13.1.